The molecule has 0 aliphatic carbocycles. The standard InChI is InChI=1S/C13H18O3S/c1-2-7-17-9-11(14)10-3-4-12-13(8-10)16-6-5-15-12/h3-4,8,11,14H,2,5-7,9H2,1H3. The number of thioether (sulfide) groups is 1. The number of hydrogen-bond donors (Lipinski definition) is 1. The summed E-state index contributed by atoms with van der Waals surface area (Å²) >= 11 is 1.77. The molecule has 1 unspecified atom stereocenters. The molecule has 0 spiro atoms. The second-order valence-corrected chi connectivity index (χ2v) is 5.14. The van der Waals surface area contributed by atoms with E-state index >= 15 is 0 Å². The molecular formula is C13H18O3S. The van der Waals surface area contributed by atoms with Crippen molar-refractivity contribution in [1.82, 2.24) is 0 Å². The molecule has 4 heteroatoms. The van der Waals surface area contributed by atoms with Crippen molar-refractivity contribution in [3.63, 3.8) is 0 Å². The van der Waals surface area contributed by atoms with E-state index in [-0.39, 0.29) is 0 Å². The number of ether oxygens (including phenoxy) is 2. The highest BCUT2D eigenvalue weighted by Gasteiger charge is 2.15. The first-order chi connectivity index (χ1) is 8.31. The minimum atomic E-state index is -0.428. The molecule has 1 aromatic carbocycles. The summed E-state index contributed by atoms with van der Waals surface area (Å²) in [6, 6.07) is 5.66. The van der Waals surface area contributed by atoms with Gasteiger partial charge in [-0.05, 0) is 29.9 Å². The first-order valence-electron chi connectivity index (χ1n) is 5.96. The smallest absolute Gasteiger partial charge is 0.161 e. The molecule has 0 radical (unpaired) electrons. The Hall–Kier alpha value is -0.870. The summed E-state index contributed by atoms with van der Waals surface area (Å²) in [6.45, 7) is 3.32. The van der Waals surface area contributed by atoms with E-state index in [1.165, 1.54) is 0 Å². The topological polar surface area (TPSA) is 38.7 Å². The predicted molar refractivity (Wildman–Crippen MR) is 70.0 cm³/mol. The van der Waals surface area contributed by atoms with Gasteiger partial charge in [0.1, 0.15) is 13.2 Å². The third kappa shape index (κ3) is 3.30. The van der Waals surface area contributed by atoms with Crippen molar-refractivity contribution in [2.75, 3.05) is 24.7 Å². The van der Waals surface area contributed by atoms with Gasteiger partial charge in [-0.25, -0.2) is 0 Å². The zero-order chi connectivity index (χ0) is 12.1. The van der Waals surface area contributed by atoms with Crippen LogP contribution < -0.4 is 9.47 Å². The number of hydrogen-bond acceptors (Lipinski definition) is 4. The molecule has 1 atom stereocenters. The van der Waals surface area contributed by atoms with E-state index in [0.29, 0.717) is 13.2 Å². The average molecular weight is 254 g/mol. The van der Waals surface area contributed by atoms with Crippen LogP contribution in [0.4, 0.5) is 0 Å². The van der Waals surface area contributed by atoms with Crippen molar-refractivity contribution < 1.29 is 14.6 Å². The SMILES string of the molecule is CCCSCC(O)c1ccc2c(c1)OCCO2. The molecule has 2 rings (SSSR count). The maximum absolute atomic E-state index is 10.0. The Balaban J connectivity index is 2.00. The Morgan fingerprint density at radius 2 is 2.06 bits per heavy atom. The fraction of sp³-hybridized carbons (Fsp3) is 0.538. The maximum atomic E-state index is 10.0. The van der Waals surface area contributed by atoms with E-state index in [0.717, 1.165) is 35.0 Å². The molecule has 0 fully saturated rings. The molecule has 0 bridgehead atoms. The van der Waals surface area contributed by atoms with Crippen molar-refractivity contribution in [3.05, 3.63) is 23.8 Å². The van der Waals surface area contributed by atoms with E-state index in [9.17, 15) is 5.11 Å². The summed E-state index contributed by atoms with van der Waals surface area (Å²) in [6.07, 6.45) is 0.709. The number of aliphatic hydroxyl groups excluding tert-OH is 1. The molecule has 3 nitrogen and oxygen atoms in total. The van der Waals surface area contributed by atoms with Gasteiger partial charge < -0.3 is 14.6 Å². The van der Waals surface area contributed by atoms with Crippen LogP contribution in [-0.4, -0.2) is 29.8 Å². The summed E-state index contributed by atoms with van der Waals surface area (Å²) in [7, 11) is 0. The molecule has 1 N–H and O–H groups in total. The van der Waals surface area contributed by atoms with Crippen LogP contribution in [0.3, 0.4) is 0 Å². The van der Waals surface area contributed by atoms with E-state index in [2.05, 4.69) is 6.92 Å². The second kappa shape index (κ2) is 6.17. The molecule has 1 aliphatic rings. The van der Waals surface area contributed by atoms with Crippen molar-refractivity contribution in [2.24, 2.45) is 0 Å². The van der Waals surface area contributed by atoms with Crippen molar-refractivity contribution >= 4 is 11.8 Å². The van der Waals surface area contributed by atoms with Gasteiger partial charge in [0, 0.05) is 5.75 Å². The van der Waals surface area contributed by atoms with E-state index in [1.807, 2.05) is 18.2 Å². The Kier molecular flexibility index (Phi) is 4.57. The highest BCUT2D eigenvalue weighted by molar-refractivity contribution is 7.99. The first-order valence-corrected chi connectivity index (χ1v) is 7.12. The summed E-state index contributed by atoms with van der Waals surface area (Å²) in [5.41, 5.74) is 0.901. The Bertz CT molecular complexity index is 368. The first kappa shape index (κ1) is 12.6. The van der Waals surface area contributed by atoms with Crippen LogP contribution in [-0.2, 0) is 0 Å². The Labute approximate surface area is 106 Å². The van der Waals surface area contributed by atoms with Crippen molar-refractivity contribution in [1.29, 1.82) is 0 Å². The van der Waals surface area contributed by atoms with Gasteiger partial charge in [0.05, 0.1) is 6.10 Å². The minimum absolute atomic E-state index is 0.428. The number of fused-ring (bicyclic) bond motifs is 1. The van der Waals surface area contributed by atoms with Crippen molar-refractivity contribution in [2.45, 2.75) is 19.4 Å². The molecular weight excluding hydrogens is 236 g/mol. The molecule has 94 valence electrons. The van der Waals surface area contributed by atoms with Crippen LogP contribution in [0.2, 0.25) is 0 Å². The fourth-order valence-corrected chi connectivity index (χ4v) is 2.57. The maximum Gasteiger partial charge on any atom is 0.161 e. The van der Waals surface area contributed by atoms with Crippen LogP contribution in [0.15, 0.2) is 18.2 Å². The largest absolute Gasteiger partial charge is 0.486 e. The van der Waals surface area contributed by atoms with Gasteiger partial charge >= 0.3 is 0 Å². The molecule has 17 heavy (non-hydrogen) atoms. The normalized spacial score (nSPS) is 15.6. The summed E-state index contributed by atoms with van der Waals surface area (Å²) < 4.78 is 10.9. The monoisotopic (exact) mass is 254 g/mol. The second-order valence-electron chi connectivity index (χ2n) is 3.99. The van der Waals surface area contributed by atoms with Gasteiger partial charge in [0.2, 0.25) is 0 Å². The molecule has 1 aliphatic heterocycles. The van der Waals surface area contributed by atoms with Gasteiger partial charge in [-0.2, -0.15) is 11.8 Å². The third-order valence-electron chi connectivity index (χ3n) is 2.58. The van der Waals surface area contributed by atoms with E-state index in [1.54, 1.807) is 11.8 Å². The molecule has 0 aromatic heterocycles. The number of rotatable bonds is 5. The highest BCUT2D eigenvalue weighted by atomic mass is 32.2. The summed E-state index contributed by atoms with van der Waals surface area (Å²) in [5.74, 6) is 3.33. The van der Waals surface area contributed by atoms with Gasteiger partial charge in [0.25, 0.3) is 0 Å². The lowest BCUT2D eigenvalue weighted by molar-refractivity contribution is 0.169. The van der Waals surface area contributed by atoms with E-state index in [4.69, 9.17) is 9.47 Å². The van der Waals surface area contributed by atoms with Crippen LogP contribution in [0.1, 0.15) is 25.0 Å². The third-order valence-corrected chi connectivity index (χ3v) is 3.82. The summed E-state index contributed by atoms with van der Waals surface area (Å²) in [4.78, 5) is 0. The molecule has 0 saturated carbocycles. The molecule has 1 heterocycles. The van der Waals surface area contributed by atoms with Crippen LogP contribution in [0, 0.1) is 0 Å². The van der Waals surface area contributed by atoms with Crippen LogP contribution in [0.25, 0.3) is 0 Å². The van der Waals surface area contributed by atoms with Gasteiger partial charge in [0.15, 0.2) is 11.5 Å². The van der Waals surface area contributed by atoms with Crippen molar-refractivity contribution in [3.8, 4) is 11.5 Å². The number of benzene rings is 1. The zero-order valence-electron chi connectivity index (χ0n) is 10.0. The Morgan fingerprint density at radius 1 is 1.29 bits per heavy atom. The van der Waals surface area contributed by atoms with E-state index < -0.39 is 6.10 Å². The highest BCUT2D eigenvalue weighted by Crippen LogP contribution is 2.33. The molecule has 0 amide bonds. The van der Waals surface area contributed by atoms with Crippen LogP contribution >= 0.6 is 11.8 Å². The molecule has 1 aromatic rings. The lowest BCUT2D eigenvalue weighted by Crippen LogP contribution is -2.15. The molecule has 0 saturated heterocycles. The summed E-state index contributed by atoms with van der Waals surface area (Å²) in [5, 5.41) is 10.0. The lowest BCUT2D eigenvalue weighted by Gasteiger charge is -2.20. The van der Waals surface area contributed by atoms with Gasteiger partial charge in [-0.1, -0.05) is 13.0 Å². The quantitative estimate of drug-likeness (QED) is 0.820. The Morgan fingerprint density at radius 3 is 2.82 bits per heavy atom. The minimum Gasteiger partial charge on any atom is -0.486 e. The fourth-order valence-electron chi connectivity index (χ4n) is 1.70. The average Bonchev–Trinajstić information content (AvgIpc) is 2.38. The predicted octanol–water partition coefficient (Wildman–Crippen LogP) is 2.63. The number of aliphatic hydroxyl groups is 1. The lowest BCUT2D eigenvalue weighted by atomic mass is 10.1. The van der Waals surface area contributed by atoms with Gasteiger partial charge in [-0.15, -0.1) is 0 Å². The van der Waals surface area contributed by atoms with Gasteiger partial charge in [-0.3, -0.25) is 0 Å². The van der Waals surface area contributed by atoms with Crippen LogP contribution in [0.5, 0.6) is 11.5 Å². The zero-order valence-corrected chi connectivity index (χ0v) is 10.8.